The van der Waals surface area contributed by atoms with Crippen LogP contribution in [0.25, 0.3) is 0 Å². The highest BCUT2D eigenvalue weighted by molar-refractivity contribution is 5.21. The highest BCUT2D eigenvalue weighted by Crippen LogP contribution is 2.33. The van der Waals surface area contributed by atoms with E-state index in [4.69, 9.17) is 0 Å². The predicted octanol–water partition coefficient (Wildman–Crippen LogP) is 3.18. The Balaban J connectivity index is 2.14. The van der Waals surface area contributed by atoms with E-state index in [2.05, 4.69) is 49.5 Å². The molecule has 0 aliphatic carbocycles. The van der Waals surface area contributed by atoms with E-state index in [1.165, 1.54) is 18.4 Å². The topological polar surface area (TPSA) is 12.0 Å². The standard InChI is InChI=1S/C14H21N/c1-3-12-9-11(2)15-10-14(12)13-7-5-4-6-8-13/h4-8,11-12,14-15H,3,9-10H2,1-2H3. The third kappa shape index (κ3) is 2.40. The van der Waals surface area contributed by atoms with E-state index in [9.17, 15) is 0 Å². The first kappa shape index (κ1) is 10.7. The Hall–Kier alpha value is -0.820. The number of piperidine rings is 1. The number of hydrogen-bond donors (Lipinski definition) is 1. The molecular formula is C14H21N. The van der Waals surface area contributed by atoms with Crippen LogP contribution in [0.4, 0.5) is 0 Å². The van der Waals surface area contributed by atoms with Crippen LogP contribution in [0.3, 0.4) is 0 Å². The van der Waals surface area contributed by atoms with Gasteiger partial charge in [-0.1, -0.05) is 43.7 Å². The number of nitrogens with one attached hydrogen (secondary N) is 1. The molecule has 0 saturated carbocycles. The van der Waals surface area contributed by atoms with Crippen molar-refractivity contribution in [2.75, 3.05) is 6.54 Å². The van der Waals surface area contributed by atoms with Gasteiger partial charge in [0, 0.05) is 12.6 Å². The van der Waals surface area contributed by atoms with Crippen molar-refractivity contribution in [3.05, 3.63) is 35.9 Å². The maximum atomic E-state index is 3.59. The summed E-state index contributed by atoms with van der Waals surface area (Å²) in [6, 6.07) is 11.6. The van der Waals surface area contributed by atoms with Gasteiger partial charge >= 0.3 is 0 Å². The van der Waals surface area contributed by atoms with E-state index in [-0.39, 0.29) is 0 Å². The van der Waals surface area contributed by atoms with Gasteiger partial charge in [0.1, 0.15) is 0 Å². The van der Waals surface area contributed by atoms with Crippen LogP contribution in [0.15, 0.2) is 30.3 Å². The zero-order valence-corrected chi connectivity index (χ0v) is 9.74. The fraction of sp³-hybridized carbons (Fsp3) is 0.571. The minimum atomic E-state index is 0.690. The third-order valence-corrected chi connectivity index (χ3v) is 3.66. The Morgan fingerprint density at radius 3 is 2.67 bits per heavy atom. The maximum Gasteiger partial charge on any atom is 0.00418 e. The van der Waals surface area contributed by atoms with Crippen molar-refractivity contribution < 1.29 is 0 Å². The predicted molar refractivity (Wildman–Crippen MR) is 65.0 cm³/mol. The first-order valence-electron chi connectivity index (χ1n) is 6.09. The Morgan fingerprint density at radius 1 is 1.27 bits per heavy atom. The van der Waals surface area contributed by atoms with Crippen LogP contribution in [-0.2, 0) is 0 Å². The average molecular weight is 203 g/mol. The van der Waals surface area contributed by atoms with Gasteiger partial charge < -0.3 is 5.32 Å². The van der Waals surface area contributed by atoms with Gasteiger partial charge in [0.2, 0.25) is 0 Å². The molecule has 1 aliphatic rings. The Morgan fingerprint density at radius 2 is 2.00 bits per heavy atom. The minimum Gasteiger partial charge on any atom is -0.314 e. The summed E-state index contributed by atoms with van der Waals surface area (Å²) in [5.74, 6) is 1.57. The van der Waals surface area contributed by atoms with Crippen LogP contribution in [0.2, 0.25) is 0 Å². The second-order valence-corrected chi connectivity index (χ2v) is 4.73. The largest absolute Gasteiger partial charge is 0.314 e. The third-order valence-electron chi connectivity index (χ3n) is 3.66. The molecule has 1 aromatic carbocycles. The molecule has 1 N–H and O–H groups in total. The molecule has 0 spiro atoms. The lowest BCUT2D eigenvalue weighted by atomic mass is 9.78. The van der Waals surface area contributed by atoms with Gasteiger partial charge in [0.05, 0.1) is 0 Å². The quantitative estimate of drug-likeness (QED) is 0.778. The molecule has 0 radical (unpaired) electrons. The lowest BCUT2D eigenvalue weighted by Gasteiger charge is -2.35. The van der Waals surface area contributed by atoms with Gasteiger partial charge in [0.15, 0.2) is 0 Å². The van der Waals surface area contributed by atoms with Gasteiger partial charge in [-0.15, -0.1) is 0 Å². The molecule has 2 rings (SSSR count). The van der Waals surface area contributed by atoms with Gasteiger partial charge in [-0.3, -0.25) is 0 Å². The van der Waals surface area contributed by atoms with E-state index in [0.29, 0.717) is 12.0 Å². The monoisotopic (exact) mass is 203 g/mol. The summed E-state index contributed by atoms with van der Waals surface area (Å²) in [5, 5.41) is 3.59. The lowest BCUT2D eigenvalue weighted by Crippen LogP contribution is -2.40. The van der Waals surface area contributed by atoms with Crippen molar-refractivity contribution in [1.29, 1.82) is 0 Å². The molecule has 1 nitrogen and oxygen atoms in total. The van der Waals surface area contributed by atoms with Crippen molar-refractivity contribution in [1.82, 2.24) is 5.32 Å². The highest BCUT2D eigenvalue weighted by Gasteiger charge is 2.27. The van der Waals surface area contributed by atoms with Crippen molar-refractivity contribution in [2.24, 2.45) is 5.92 Å². The van der Waals surface area contributed by atoms with Gasteiger partial charge in [0.25, 0.3) is 0 Å². The molecule has 0 aromatic heterocycles. The molecule has 3 atom stereocenters. The van der Waals surface area contributed by atoms with Crippen molar-refractivity contribution in [3.8, 4) is 0 Å². The van der Waals surface area contributed by atoms with E-state index in [1.807, 2.05) is 0 Å². The summed E-state index contributed by atoms with van der Waals surface area (Å²) < 4.78 is 0. The second kappa shape index (κ2) is 4.80. The molecule has 0 amide bonds. The lowest BCUT2D eigenvalue weighted by molar-refractivity contribution is 0.268. The summed E-state index contributed by atoms with van der Waals surface area (Å²) in [6.45, 7) is 5.76. The highest BCUT2D eigenvalue weighted by atomic mass is 14.9. The minimum absolute atomic E-state index is 0.690. The fourth-order valence-electron chi connectivity index (χ4n) is 2.74. The summed E-state index contributed by atoms with van der Waals surface area (Å²) >= 11 is 0. The molecule has 3 unspecified atom stereocenters. The normalized spacial score (nSPS) is 31.5. The second-order valence-electron chi connectivity index (χ2n) is 4.73. The Bertz CT molecular complexity index is 293. The van der Waals surface area contributed by atoms with Crippen molar-refractivity contribution >= 4 is 0 Å². The first-order valence-corrected chi connectivity index (χ1v) is 6.09. The maximum absolute atomic E-state index is 3.59. The van der Waals surface area contributed by atoms with Gasteiger partial charge in [-0.05, 0) is 30.7 Å². The van der Waals surface area contributed by atoms with E-state index in [1.54, 1.807) is 0 Å². The summed E-state index contributed by atoms with van der Waals surface area (Å²) in [6.07, 6.45) is 2.61. The average Bonchev–Trinajstić information content (AvgIpc) is 2.30. The summed E-state index contributed by atoms with van der Waals surface area (Å²) in [5.41, 5.74) is 1.50. The molecule has 0 bridgehead atoms. The molecule has 1 heteroatoms. The Labute approximate surface area is 92.9 Å². The number of hydrogen-bond acceptors (Lipinski definition) is 1. The van der Waals surface area contributed by atoms with E-state index >= 15 is 0 Å². The Kier molecular flexibility index (Phi) is 3.42. The van der Waals surface area contributed by atoms with E-state index < -0.39 is 0 Å². The molecule has 1 heterocycles. The van der Waals surface area contributed by atoms with Gasteiger partial charge in [-0.25, -0.2) is 0 Å². The SMILES string of the molecule is CCC1CC(C)NCC1c1ccccc1. The smallest absolute Gasteiger partial charge is 0.00418 e. The van der Waals surface area contributed by atoms with Crippen molar-refractivity contribution in [2.45, 2.75) is 38.6 Å². The first-order chi connectivity index (χ1) is 7.31. The zero-order chi connectivity index (χ0) is 10.7. The molecule has 1 aliphatic heterocycles. The zero-order valence-electron chi connectivity index (χ0n) is 9.74. The van der Waals surface area contributed by atoms with E-state index in [0.717, 1.165) is 12.5 Å². The molecule has 1 saturated heterocycles. The number of rotatable bonds is 2. The number of benzene rings is 1. The van der Waals surface area contributed by atoms with Crippen molar-refractivity contribution in [3.63, 3.8) is 0 Å². The van der Waals surface area contributed by atoms with Crippen LogP contribution in [0, 0.1) is 5.92 Å². The van der Waals surface area contributed by atoms with Crippen LogP contribution >= 0.6 is 0 Å². The molecule has 1 aromatic rings. The molecular weight excluding hydrogens is 182 g/mol. The van der Waals surface area contributed by atoms with Crippen LogP contribution < -0.4 is 5.32 Å². The van der Waals surface area contributed by atoms with Crippen LogP contribution in [-0.4, -0.2) is 12.6 Å². The van der Waals surface area contributed by atoms with Crippen LogP contribution in [0.5, 0.6) is 0 Å². The summed E-state index contributed by atoms with van der Waals surface area (Å²) in [7, 11) is 0. The summed E-state index contributed by atoms with van der Waals surface area (Å²) in [4.78, 5) is 0. The fourth-order valence-corrected chi connectivity index (χ4v) is 2.74. The van der Waals surface area contributed by atoms with Gasteiger partial charge in [-0.2, -0.15) is 0 Å². The van der Waals surface area contributed by atoms with Crippen LogP contribution in [0.1, 0.15) is 38.2 Å². The molecule has 1 fully saturated rings. The molecule has 82 valence electrons. The molecule has 15 heavy (non-hydrogen) atoms.